The summed E-state index contributed by atoms with van der Waals surface area (Å²) in [5, 5.41) is 1.90. The van der Waals surface area contributed by atoms with Crippen molar-refractivity contribution in [3.8, 4) is 0 Å². The van der Waals surface area contributed by atoms with Crippen molar-refractivity contribution in [3.05, 3.63) is 58.9 Å². The Balaban J connectivity index is 1.53. The first-order chi connectivity index (χ1) is 12.1. The second-order valence-corrected chi connectivity index (χ2v) is 5.95. The minimum atomic E-state index is -0.490. The Morgan fingerprint density at radius 3 is 2.56 bits per heavy atom. The van der Waals surface area contributed by atoms with Crippen LogP contribution in [0.1, 0.15) is 26.4 Å². The first kappa shape index (κ1) is 16.7. The number of benzene rings is 1. The van der Waals surface area contributed by atoms with E-state index in [1.54, 1.807) is 6.20 Å². The summed E-state index contributed by atoms with van der Waals surface area (Å²) in [6.45, 7) is 0. The van der Waals surface area contributed by atoms with Crippen LogP contribution in [0.3, 0.4) is 0 Å². The van der Waals surface area contributed by atoms with Gasteiger partial charge in [-0.1, -0.05) is 0 Å². The van der Waals surface area contributed by atoms with E-state index in [0.29, 0.717) is 16.8 Å². The van der Waals surface area contributed by atoms with E-state index in [1.807, 2.05) is 16.0 Å². The first-order valence-corrected chi connectivity index (χ1v) is 8.13. The van der Waals surface area contributed by atoms with Gasteiger partial charge >= 0.3 is 5.97 Å². The highest BCUT2D eigenvalue weighted by Gasteiger charge is 2.11. The molecule has 0 radical (unpaired) electrons. The topological polar surface area (TPSA) is 102 Å². The monoisotopic (exact) mass is 358 g/mol. The molecule has 0 bridgehead atoms. The summed E-state index contributed by atoms with van der Waals surface area (Å²) in [4.78, 5) is 40.3. The van der Waals surface area contributed by atoms with Crippen LogP contribution in [0.15, 0.2) is 42.0 Å². The molecule has 2 amide bonds. The third-order valence-corrected chi connectivity index (χ3v) is 4.14. The number of nitrogens with one attached hydrogen (secondary N) is 2. The molecule has 0 spiro atoms. The van der Waals surface area contributed by atoms with E-state index >= 15 is 0 Å². The van der Waals surface area contributed by atoms with Crippen LogP contribution in [-0.4, -0.2) is 34.3 Å². The van der Waals surface area contributed by atoms with Crippen molar-refractivity contribution in [1.29, 1.82) is 0 Å². The minimum absolute atomic E-state index is 0.0515. The molecular weight excluding hydrogens is 344 g/mol. The Labute approximate surface area is 146 Å². The number of nitrogens with zero attached hydrogens (tertiary/aromatic N) is 2. The molecule has 0 fully saturated rings. The van der Waals surface area contributed by atoms with Gasteiger partial charge in [-0.3, -0.25) is 24.8 Å². The lowest BCUT2D eigenvalue weighted by Gasteiger charge is -2.07. The lowest BCUT2D eigenvalue weighted by Crippen LogP contribution is -2.42. The summed E-state index contributed by atoms with van der Waals surface area (Å²) >= 11 is 1.47. The van der Waals surface area contributed by atoms with Crippen LogP contribution in [0.25, 0.3) is 4.96 Å². The van der Waals surface area contributed by atoms with Crippen molar-refractivity contribution in [3.63, 3.8) is 0 Å². The van der Waals surface area contributed by atoms with E-state index in [-0.39, 0.29) is 12.3 Å². The molecule has 8 nitrogen and oxygen atoms in total. The number of carbonyl (C=O) groups excluding carboxylic acids is 3. The molecule has 0 aliphatic carbocycles. The third-order valence-electron chi connectivity index (χ3n) is 3.37. The highest BCUT2D eigenvalue weighted by Crippen LogP contribution is 2.11. The van der Waals surface area contributed by atoms with Crippen LogP contribution in [0, 0.1) is 0 Å². The minimum Gasteiger partial charge on any atom is -0.465 e. The Hall–Kier alpha value is -3.20. The van der Waals surface area contributed by atoms with Crippen LogP contribution in [0.5, 0.6) is 0 Å². The quantitative estimate of drug-likeness (QED) is 0.539. The van der Waals surface area contributed by atoms with Gasteiger partial charge in [-0.2, -0.15) is 0 Å². The van der Waals surface area contributed by atoms with E-state index in [0.717, 1.165) is 4.96 Å². The number of methoxy groups -OCH3 is 1. The maximum Gasteiger partial charge on any atom is 0.337 e. The zero-order valence-corrected chi connectivity index (χ0v) is 14.0. The van der Waals surface area contributed by atoms with Gasteiger partial charge in [-0.25, -0.2) is 9.78 Å². The summed E-state index contributed by atoms with van der Waals surface area (Å²) in [5.41, 5.74) is 5.91. The molecule has 0 atom stereocenters. The van der Waals surface area contributed by atoms with Gasteiger partial charge in [0.2, 0.25) is 5.91 Å². The molecule has 1 aromatic carbocycles. The summed E-state index contributed by atoms with van der Waals surface area (Å²) < 4.78 is 6.41. The molecule has 0 aliphatic rings. The van der Waals surface area contributed by atoms with Crippen LogP contribution < -0.4 is 10.9 Å². The Bertz CT molecular complexity index is 901. The largest absolute Gasteiger partial charge is 0.465 e. The average molecular weight is 358 g/mol. The number of aromatic nitrogens is 2. The molecule has 3 rings (SSSR count). The number of esters is 1. The predicted octanol–water partition coefficient (Wildman–Crippen LogP) is 1.19. The number of thiazole rings is 1. The molecule has 2 N–H and O–H groups in total. The number of hydrazine groups is 1. The number of carbonyl (C=O) groups is 3. The molecular formula is C16H14N4O4S. The normalized spacial score (nSPS) is 10.4. The Morgan fingerprint density at radius 2 is 1.88 bits per heavy atom. The first-order valence-electron chi connectivity index (χ1n) is 7.25. The molecule has 2 aromatic heterocycles. The van der Waals surface area contributed by atoms with Crippen LogP contribution in [-0.2, 0) is 16.0 Å². The van der Waals surface area contributed by atoms with Crippen molar-refractivity contribution in [2.75, 3.05) is 7.11 Å². The second-order valence-electron chi connectivity index (χ2n) is 5.07. The van der Waals surface area contributed by atoms with E-state index in [9.17, 15) is 14.4 Å². The molecule has 0 unspecified atom stereocenters. The maximum atomic E-state index is 12.0. The Morgan fingerprint density at radius 1 is 1.16 bits per heavy atom. The number of hydrogen-bond donors (Lipinski definition) is 2. The summed E-state index contributed by atoms with van der Waals surface area (Å²) in [6, 6.07) is 5.88. The molecule has 25 heavy (non-hydrogen) atoms. The number of ether oxygens (including phenoxy) is 1. The number of fused-ring (bicyclic) bond motifs is 1. The third kappa shape index (κ3) is 3.83. The summed E-state index contributed by atoms with van der Waals surface area (Å²) in [7, 11) is 1.28. The average Bonchev–Trinajstić information content (AvgIpc) is 3.20. The van der Waals surface area contributed by atoms with Crippen molar-refractivity contribution >= 4 is 34.1 Å². The molecule has 0 saturated heterocycles. The summed E-state index contributed by atoms with van der Waals surface area (Å²) in [6.07, 6.45) is 3.67. The van der Waals surface area contributed by atoms with Gasteiger partial charge in [0.05, 0.1) is 24.8 Å². The number of imidazole rings is 1. The fraction of sp³-hybridized carbons (Fsp3) is 0.125. The van der Waals surface area contributed by atoms with Gasteiger partial charge in [0.25, 0.3) is 5.91 Å². The van der Waals surface area contributed by atoms with Gasteiger partial charge in [0.1, 0.15) is 0 Å². The van der Waals surface area contributed by atoms with E-state index in [1.165, 1.54) is 42.7 Å². The van der Waals surface area contributed by atoms with Crippen molar-refractivity contribution in [2.45, 2.75) is 6.42 Å². The van der Waals surface area contributed by atoms with Crippen molar-refractivity contribution < 1.29 is 19.1 Å². The van der Waals surface area contributed by atoms with Gasteiger partial charge in [0, 0.05) is 23.3 Å². The lowest BCUT2D eigenvalue weighted by molar-refractivity contribution is -0.121. The zero-order chi connectivity index (χ0) is 17.8. The van der Waals surface area contributed by atoms with Crippen LogP contribution >= 0.6 is 11.3 Å². The van der Waals surface area contributed by atoms with Crippen LogP contribution in [0.4, 0.5) is 0 Å². The Kier molecular flexibility index (Phi) is 4.75. The molecule has 128 valence electrons. The van der Waals surface area contributed by atoms with Crippen LogP contribution in [0.2, 0.25) is 0 Å². The molecule has 3 aromatic rings. The lowest BCUT2D eigenvalue weighted by atomic mass is 10.1. The fourth-order valence-corrected chi connectivity index (χ4v) is 2.86. The van der Waals surface area contributed by atoms with Gasteiger partial charge < -0.3 is 4.74 Å². The maximum absolute atomic E-state index is 12.0. The molecule has 9 heteroatoms. The number of hydrogen-bond acceptors (Lipinski definition) is 6. The van der Waals surface area contributed by atoms with E-state index < -0.39 is 11.9 Å². The van der Waals surface area contributed by atoms with Crippen molar-refractivity contribution in [1.82, 2.24) is 20.2 Å². The highest BCUT2D eigenvalue weighted by atomic mass is 32.1. The standard InChI is InChI=1S/C16H14N4O4S/c1-24-15(23)11-4-2-10(3-5-11)14(22)19-18-13(21)8-12-9-20-6-7-25-16(20)17-12/h2-7,9H,8H2,1H3,(H,18,21)(H,19,22). The van der Waals surface area contributed by atoms with E-state index in [2.05, 4.69) is 20.6 Å². The van der Waals surface area contributed by atoms with Gasteiger partial charge in [0.15, 0.2) is 4.96 Å². The molecule has 0 saturated carbocycles. The SMILES string of the molecule is COC(=O)c1ccc(C(=O)NNC(=O)Cc2cn3ccsc3n2)cc1. The molecule has 2 heterocycles. The van der Waals surface area contributed by atoms with Crippen molar-refractivity contribution in [2.24, 2.45) is 0 Å². The zero-order valence-electron chi connectivity index (χ0n) is 13.2. The smallest absolute Gasteiger partial charge is 0.337 e. The fourth-order valence-electron chi connectivity index (χ4n) is 2.14. The number of amides is 2. The highest BCUT2D eigenvalue weighted by molar-refractivity contribution is 7.15. The predicted molar refractivity (Wildman–Crippen MR) is 90.2 cm³/mol. The summed E-state index contributed by atoms with van der Waals surface area (Å²) in [5.74, 6) is -1.36. The second kappa shape index (κ2) is 7.14. The van der Waals surface area contributed by atoms with E-state index in [4.69, 9.17) is 0 Å². The number of rotatable bonds is 4. The molecule has 0 aliphatic heterocycles. The van der Waals surface area contributed by atoms with Gasteiger partial charge in [-0.05, 0) is 24.3 Å². The van der Waals surface area contributed by atoms with Gasteiger partial charge in [-0.15, -0.1) is 11.3 Å².